The van der Waals surface area contributed by atoms with E-state index in [9.17, 15) is 9.18 Å². The van der Waals surface area contributed by atoms with Gasteiger partial charge in [0.2, 0.25) is 0 Å². The molecule has 3 aromatic carbocycles. The van der Waals surface area contributed by atoms with Crippen LogP contribution < -0.4 is 10.5 Å². The molecule has 174 valence electrons. The van der Waals surface area contributed by atoms with E-state index in [4.69, 9.17) is 11.6 Å². The van der Waals surface area contributed by atoms with Gasteiger partial charge in [0.05, 0.1) is 16.4 Å². The topological polar surface area (TPSA) is 38.1 Å². The van der Waals surface area contributed by atoms with Gasteiger partial charge in [-0.25, -0.2) is 9.37 Å². The second-order valence-electron chi connectivity index (χ2n) is 9.18. The van der Waals surface area contributed by atoms with Gasteiger partial charge >= 0.3 is 0 Å². The van der Waals surface area contributed by atoms with E-state index in [0.717, 1.165) is 49.1 Å². The molecule has 2 heterocycles. The van der Waals surface area contributed by atoms with Gasteiger partial charge < -0.3 is 4.90 Å². The van der Waals surface area contributed by atoms with Crippen LogP contribution in [0, 0.1) is 25.6 Å². The molecule has 4 nitrogen and oxygen atoms in total. The van der Waals surface area contributed by atoms with E-state index in [0.29, 0.717) is 27.8 Å². The van der Waals surface area contributed by atoms with E-state index in [1.54, 1.807) is 10.6 Å². The van der Waals surface area contributed by atoms with Gasteiger partial charge in [-0.2, -0.15) is 0 Å². The summed E-state index contributed by atoms with van der Waals surface area (Å²) in [6.07, 6.45) is 3.05. The molecule has 0 spiro atoms. The molecule has 0 unspecified atom stereocenters. The van der Waals surface area contributed by atoms with Crippen molar-refractivity contribution < 1.29 is 4.39 Å². The first-order chi connectivity index (χ1) is 16.4. The summed E-state index contributed by atoms with van der Waals surface area (Å²) in [5, 5.41) is 2.27. The van der Waals surface area contributed by atoms with Gasteiger partial charge in [0.25, 0.3) is 5.56 Å². The summed E-state index contributed by atoms with van der Waals surface area (Å²) in [7, 11) is 0. The third-order valence-corrected chi connectivity index (χ3v) is 7.08. The van der Waals surface area contributed by atoms with Gasteiger partial charge in [-0.1, -0.05) is 35.9 Å². The number of benzene rings is 3. The molecule has 4 aromatic rings. The Balaban J connectivity index is 1.28. The van der Waals surface area contributed by atoms with E-state index >= 15 is 0 Å². The van der Waals surface area contributed by atoms with Crippen LogP contribution in [0.4, 0.5) is 10.1 Å². The fourth-order valence-electron chi connectivity index (χ4n) is 5.07. The number of aryl methyl sites for hydroxylation is 2. The average molecular weight is 476 g/mol. The maximum absolute atomic E-state index is 14.2. The molecule has 6 heteroatoms. The van der Waals surface area contributed by atoms with Gasteiger partial charge in [-0.3, -0.25) is 9.36 Å². The third kappa shape index (κ3) is 4.45. The number of anilines is 1. The molecular weight excluding hydrogens is 449 g/mol. The van der Waals surface area contributed by atoms with E-state index < -0.39 is 0 Å². The highest BCUT2D eigenvalue weighted by Crippen LogP contribution is 2.32. The molecule has 0 bridgehead atoms. The Morgan fingerprint density at radius 2 is 1.82 bits per heavy atom. The predicted molar refractivity (Wildman–Crippen MR) is 137 cm³/mol. The molecule has 0 radical (unpaired) electrons. The summed E-state index contributed by atoms with van der Waals surface area (Å²) in [5.41, 5.74) is 3.50. The smallest absolute Gasteiger partial charge is 0.258 e. The van der Waals surface area contributed by atoms with Crippen LogP contribution in [0.15, 0.2) is 65.5 Å². The number of hydrogen-bond donors (Lipinski definition) is 0. The SMILES string of the molecule is Cc1cc(=O)n(-c2ccc(N3CCC(Cc4ccc5cccc(F)c5c4)CC3)c(Cl)c2)c(C)n1. The third-order valence-electron chi connectivity index (χ3n) is 6.78. The summed E-state index contributed by atoms with van der Waals surface area (Å²) in [5.74, 6) is 1.03. The van der Waals surface area contributed by atoms with E-state index in [2.05, 4.69) is 16.0 Å². The number of hydrogen-bond acceptors (Lipinski definition) is 3. The zero-order chi connectivity index (χ0) is 23.8. The summed E-state index contributed by atoms with van der Waals surface area (Å²) in [6.45, 7) is 5.47. The van der Waals surface area contributed by atoms with Crippen molar-refractivity contribution in [1.82, 2.24) is 9.55 Å². The molecule has 0 atom stereocenters. The van der Waals surface area contributed by atoms with Crippen LogP contribution in [0.5, 0.6) is 0 Å². The lowest BCUT2D eigenvalue weighted by atomic mass is 9.89. The van der Waals surface area contributed by atoms with Crippen LogP contribution in [-0.4, -0.2) is 22.6 Å². The maximum Gasteiger partial charge on any atom is 0.258 e. The summed E-state index contributed by atoms with van der Waals surface area (Å²) in [4.78, 5) is 19.2. The number of nitrogens with zero attached hydrogens (tertiary/aromatic N) is 3. The molecule has 1 aliphatic heterocycles. The Morgan fingerprint density at radius 3 is 2.56 bits per heavy atom. The largest absolute Gasteiger partial charge is 0.370 e. The number of aromatic nitrogens is 2. The monoisotopic (exact) mass is 475 g/mol. The molecule has 0 aliphatic carbocycles. The van der Waals surface area contributed by atoms with Crippen molar-refractivity contribution in [2.45, 2.75) is 33.1 Å². The fraction of sp³-hybridized carbons (Fsp3) is 0.286. The molecular formula is C28H27ClFN3O. The molecule has 5 rings (SSSR count). The van der Waals surface area contributed by atoms with Gasteiger partial charge in [-0.15, -0.1) is 0 Å². The second kappa shape index (κ2) is 9.22. The van der Waals surface area contributed by atoms with Crippen molar-refractivity contribution in [2.75, 3.05) is 18.0 Å². The highest BCUT2D eigenvalue weighted by molar-refractivity contribution is 6.33. The highest BCUT2D eigenvalue weighted by Gasteiger charge is 2.22. The van der Waals surface area contributed by atoms with Crippen molar-refractivity contribution in [3.05, 3.63) is 98.9 Å². The average Bonchev–Trinajstić information content (AvgIpc) is 2.80. The van der Waals surface area contributed by atoms with Crippen molar-refractivity contribution >= 4 is 28.1 Å². The minimum Gasteiger partial charge on any atom is -0.370 e. The first kappa shape index (κ1) is 22.6. The summed E-state index contributed by atoms with van der Waals surface area (Å²) in [6, 6.07) is 18.7. The van der Waals surface area contributed by atoms with Crippen molar-refractivity contribution in [3.63, 3.8) is 0 Å². The van der Waals surface area contributed by atoms with E-state index in [-0.39, 0.29) is 11.4 Å². The van der Waals surface area contributed by atoms with Crippen LogP contribution in [0.3, 0.4) is 0 Å². The molecule has 0 saturated carbocycles. The van der Waals surface area contributed by atoms with Gasteiger partial charge in [-0.05, 0) is 80.3 Å². The van der Waals surface area contributed by atoms with Crippen LogP contribution >= 0.6 is 11.6 Å². The first-order valence-electron chi connectivity index (χ1n) is 11.7. The Bertz CT molecular complexity index is 1420. The lowest BCUT2D eigenvalue weighted by Crippen LogP contribution is -2.34. The summed E-state index contributed by atoms with van der Waals surface area (Å²) >= 11 is 6.67. The normalized spacial score (nSPS) is 14.6. The lowest BCUT2D eigenvalue weighted by molar-refractivity contribution is 0.404. The van der Waals surface area contributed by atoms with E-state index in [1.807, 2.05) is 50.2 Å². The number of fused-ring (bicyclic) bond motifs is 1. The van der Waals surface area contributed by atoms with Crippen molar-refractivity contribution in [3.8, 4) is 5.69 Å². The molecule has 1 saturated heterocycles. The van der Waals surface area contributed by atoms with Crippen LogP contribution in [0.2, 0.25) is 5.02 Å². The second-order valence-corrected chi connectivity index (χ2v) is 9.59. The first-order valence-corrected chi connectivity index (χ1v) is 12.1. The summed E-state index contributed by atoms with van der Waals surface area (Å²) < 4.78 is 15.8. The molecule has 34 heavy (non-hydrogen) atoms. The van der Waals surface area contributed by atoms with Gasteiger partial charge in [0.1, 0.15) is 11.6 Å². The van der Waals surface area contributed by atoms with Crippen LogP contribution in [-0.2, 0) is 6.42 Å². The van der Waals surface area contributed by atoms with Crippen molar-refractivity contribution in [2.24, 2.45) is 5.92 Å². The highest BCUT2D eigenvalue weighted by atomic mass is 35.5. The van der Waals surface area contributed by atoms with Crippen LogP contribution in [0.25, 0.3) is 16.5 Å². The minimum atomic E-state index is -0.161. The zero-order valence-electron chi connectivity index (χ0n) is 19.4. The zero-order valence-corrected chi connectivity index (χ0v) is 20.1. The number of piperidine rings is 1. The van der Waals surface area contributed by atoms with E-state index in [1.165, 1.54) is 17.7 Å². The molecule has 1 aliphatic rings. The Morgan fingerprint density at radius 1 is 1.03 bits per heavy atom. The standard InChI is InChI=1S/C28H27ClFN3O/c1-18-14-28(34)33(19(2)31-18)23-8-9-27(25(29)17-23)32-12-10-20(11-13-32)15-21-6-7-22-4-3-5-26(30)24(22)16-21/h3-9,14,16-17,20H,10-13,15H2,1-2H3. The van der Waals surface area contributed by atoms with Gasteiger partial charge in [0.15, 0.2) is 0 Å². The number of halogens is 2. The van der Waals surface area contributed by atoms with Crippen molar-refractivity contribution in [1.29, 1.82) is 0 Å². The van der Waals surface area contributed by atoms with Gasteiger partial charge in [0, 0.05) is 30.2 Å². The molecule has 1 fully saturated rings. The number of rotatable bonds is 4. The minimum absolute atomic E-state index is 0.108. The predicted octanol–water partition coefficient (Wildman–Crippen LogP) is 6.25. The lowest BCUT2D eigenvalue weighted by Gasteiger charge is -2.34. The molecule has 1 aromatic heterocycles. The Hall–Kier alpha value is -3.18. The molecule has 0 amide bonds. The molecule has 0 N–H and O–H groups in total. The van der Waals surface area contributed by atoms with Crippen LogP contribution in [0.1, 0.15) is 29.9 Å². The maximum atomic E-state index is 14.2. The Kier molecular flexibility index (Phi) is 6.13. The fourth-order valence-corrected chi connectivity index (χ4v) is 5.36. The Labute approximate surface area is 203 Å². The quantitative estimate of drug-likeness (QED) is 0.350.